The highest BCUT2D eigenvalue weighted by atomic mass is 28.3. The van der Waals surface area contributed by atoms with E-state index in [1.54, 1.807) is 19.2 Å². The van der Waals surface area contributed by atoms with Crippen molar-refractivity contribution in [2.24, 2.45) is 5.41 Å². The SMILES string of the molecule is COCOc1cc(-c2nc3c4c(nc(OCC5(CN6CCCCC6)CC5)nc4c2F)N2CCCOC[C@@H]2CC3)c2c(C#C[Si](C(C)C)(C(C)C)C(C)C)c(F)ccc2c1. The van der Waals surface area contributed by atoms with E-state index in [0.29, 0.717) is 81.8 Å². The van der Waals surface area contributed by atoms with Gasteiger partial charge in [0.1, 0.15) is 36.7 Å². The minimum Gasteiger partial charge on any atom is -0.468 e. The summed E-state index contributed by atoms with van der Waals surface area (Å²) < 4.78 is 58.1. The molecule has 0 spiro atoms. The molecule has 0 amide bonds. The second kappa shape index (κ2) is 17.2. The van der Waals surface area contributed by atoms with E-state index in [9.17, 15) is 0 Å². The first-order chi connectivity index (χ1) is 28.4. The number of hydrogen-bond acceptors (Lipinski definition) is 9. The van der Waals surface area contributed by atoms with Crippen LogP contribution < -0.4 is 14.4 Å². The van der Waals surface area contributed by atoms with E-state index in [-0.39, 0.29) is 41.0 Å². The Morgan fingerprint density at radius 3 is 2.39 bits per heavy atom. The number of piperidine rings is 1. The molecule has 0 radical (unpaired) electrons. The molecule has 8 rings (SSSR count). The summed E-state index contributed by atoms with van der Waals surface area (Å²) in [5.74, 6) is 3.42. The van der Waals surface area contributed by atoms with Gasteiger partial charge in [-0.1, -0.05) is 60.0 Å². The Bertz CT molecular complexity index is 2230. The first-order valence-electron chi connectivity index (χ1n) is 22.0. The van der Waals surface area contributed by atoms with Gasteiger partial charge in [-0.3, -0.25) is 0 Å². The fourth-order valence-electron chi connectivity index (χ4n) is 10.4. The fraction of sp³-hybridized carbons (Fsp3) is 0.596. The number of aromatic nitrogens is 3. The van der Waals surface area contributed by atoms with Crippen molar-refractivity contribution in [2.45, 2.75) is 116 Å². The van der Waals surface area contributed by atoms with Gasteiger partial charge in [0, 0.05) is 43.2 Å². The summed E-state index contributed by atoms with van der Waals surface area (Å²) in [5.41, 5.74) is 6.37. The Morgan fingerprint density at radius 2 is 1.68 bits per heavy atom. The van der Waals surface area contributed by atoms with Gasteiger partial charge in [0.15, 0.2) is 12.6 Å². The molecule has 1 saturated carbocycles. The van der Waals surface area contributed by atoms with Crippen LogP contribution in [0.25, 0.3) is 32.9 Å². The van der Waals surface area contributed by atoms with E-state index in [0.717, 1.165) is 51.9 Å². The lowest BCUT2D eigenvalue weighted by molar-refractivity contribution is 0.0512. The molecule has 1 atom stereocenters. The van der Waals surface area contributed by atoms with Gasteiger partial charge < -0.3 is 28.7 Å². The van der Waals surface area contributed by atoms with Gasteiger partial charge in [0.05, 0.1) is 35.9 Å². The lowest BCUT2D eigenvalue weighted by atomic mass is 9.95. The number of benzene rings is 2. The molecule has 59 heavy (non-hydrogen) atoms. The van der Waals surface area contributed by atoms with Crippen LogP contribution in [0.5, 0.6) is 11.8 Å². The van der Waals surface area contributed by atoms with E-state index < -0.39 is 19.7 Å². The molecule has 0 N–H and O–H groups in total. The van der Waals surface area contributed by atoms with Crippen molar-refractivity contribution in [3.8, 4) is 34.5 Å². The number of pyridine rings is 1. The second-order valence-electron chi connectivity index (χ2n) is 18.4. The molecule has 2 aromatic heterocycles. The summed E-state index contributed by atoms with van der Waals surface area (Å²) in [4.78, 5) is 19.9. The summed E-state index contributed by atoms with van der Waals surface area (Å²) in [6.45, 7) is 19.1. The summed E-state index contributed by atoms with van der Waals surface area (Å²) in [6, 6.07) is 6.92. The average Bonchev–Trinajstić information content (AvgIpc) is 4.04. The molecule has 4 aromatic rings. The summed E-state index contributed by atoms with van der Waals surface area (Å²) in [6.07, 6.45) is 8.08. The number of aryl methyl sites for hydroxylation is 1. The summed E-state index contributed by atoms with van der Waals surface area (Å²) >= 11 is 0. The smallest absolute Gasteiger partial charge is 0.319 e. The van der Waals surface area contributed by atoms with E-state index in [2.05, 4.69) is 62.8 Å². The maximum atomic E-state index is 17.9. The predicted molar refractivity (Wildman–Crippen MR) is 233 cm³/mol. The molecule has 5 heterocycles. The van der Waals surface area contributed by atoms with Gasteiger partial charge in [-0.15, -0.1) is 5.54 Å². The molecule has 1 aliphatic carbocycles. The van der Waals surface area contributed by atoms with Crippen molar-refractivity contribution in [3.05, 3.63) is 47.2 Å². The normalized spacial score (nSPS) is 19.5. The molecule has 3 aliphatic heterocycles. The van der Waals surface area contributed by atoms with E-state index in [4.69, 9.17) is 33.9 Å². The maximum Gasteiger partial charge on any atom is 0.319 e. The Hall–Kier alpha value is -3.89. The van der Waals surface area contributed by atoms with Crippen molar-refractivity contribution >= 4 is 35.6 Å². The zero-order valence-corrected chi connectivity index (χ0v) is 37.1. The minimum absolute atomic E-state index is 0.0151. The number of rotatable bonds is 12. The standard InChI is InChI=1S/C47H61F2N5O4Si/c1-30(2)59(31(3)4,32(5)6)23-16-36-38(48)14-12-33-24-35(58-29-55-7)25-37(40(33)36)43-42(49)44-41-39(50-43)15-13-34-26-56-22-11-21-54(34)45(41)52-46(51-44)57-28-47(17-18-47)27-53-19-9-8-10-20-53/h12,14,24-25,30-32,34H,8-11,13,15,17-22,26-29H2,1-7H3/t34-/m0/s1. The quantitative estimate of drug-likeness (QED) is 0.0788. The largest absolute Gasteiger partial charge is 0.468 e. The van der Waals surface area contributed by atoms with Crippen molar-refractivity contribution in [1.29, 1.82) is 0 Å². The molecule has 9 nitrogen and oxygen atoms in total. The third kappa shape index (κ3) is 8.17. The zero-order chi connectivity index (χ0) is 41.5. The van der Waals surface area contributed by atoms with E-state index >= 15 is 8.78 Å². The van der Waals surface area contributed by atoms with Crippen LogP contribution in [-0.4, -0.2) is 93.9 Å². The molecule has 4 aliphatic rings. The number of halogens is 2. The molecule has 12 heteroatoms. The molecular formula is C47H61F2N5O4Si. The molecule has 3 fully saturated rings. The van der Waals surface area contributed by atoms with Gasteiger partial charge in [-0.2, -0.15) is 9.97 Å². The van der Waals surface area contributed by atoms with Gasteiger partial charge in [0.25, 0.3) is 0 Å². The van der Waals surface area contributed by atoms with Gasteiger partial charge in [-0.05, 0) is 98.2 Å². The third-order valence-electron chi connectivity index (χ3n) is 13.6. The highest BCUT2D eigenvalue weighted by molar-refractivity contribution is 6.90. The first-order valence-corrected chi connectivity index (χ1v) is 24.2. The average molecular weight is 826 g/mol. The topological polar surface area (TPSA) is 82.1 Å². The minimum atomic E-state index is -2.27. The second-order valence-corrected chi connectivity index (χ2v) is 24.0. The van der Waals surface area contributed by atoms with Crippen LogP contribution in [0.1, 0.15) is 97.7 Å². The van der Waals surface area contributed by atoms with Crippen LogP contribution in [0.3, 0.4) is 0 Å². The number of methoxy groups -OCH3 is 1. The lowest BCUT2D eigenvalue weighted by Gasteiger charge is -2.38. The summed E-state index contributed by atoms with van der Waals surface area (Å²) in [5, 5.41) is 1.76. The summed E-state index contributed by atoms with van der Waals surface area (Å²) in [7, 11) is -0.725. The van der Waals surface area contributed by atoms with Crippen LogP contribution in [0.4, 0.5) is 14.6 Å². The number of fused-ring (bicyclic) bond motifs is 3. The van der Waals surface area contributed by atoms with Crippen molar-refractivity contribution in [3.63, 3.8) is 0 Å². The Balaban J connectivity index is 1.32. The molecule has 0 bridgehead atoms. The molecule has 316 valence electrons. The Morgan fingerprint density at radius 1 is 0.915 bits per heavy atom. The van der Waals surface area contributed by atoms with E-state index in [1.165, 1.54) is 25.3 Å². The molecule has 2 aromatic carbocycles. The molecular weight excluding hydrogens is 765 g/mol. The Kier molecular flexibility index (Phi) is 12.2. The molecule has 0 unspecified atom stereocenters. The van der Waals surface area contributed by atoms with Crippen LogP contribution in [0, 0.1) is 28.5 Å². The lowest BCUT2D eigenvalue weighted by Crippen LogP contribution is -2.43. The van der Waals surface area contributed by atoms with Crippen LogP contribution in [-0.2, 0) is 15.9 Å². The van der Waals surface area contributed by atoms with E-state index in [1.807, 2.05) is 6.07 Å². The number of ether oxygens (including phenoxy) is 4. The zero-order valence-electron chi connectivity index (χ0n) is 36.1. The number of hydrogen-bond donors (Lipinski definition) is 0. The highest BCUT2D eigenvalue weighted by Crippen LogP contribution is 2.48. The van der Waals surface area contributed by atoms with Crippen molar-refractivity contribution in [2.75, 3.05) is 64.8 Å². The number of nitrogens with zero attached hydrogens (tertiary/aromatic N) is 5. The maximum absolute atomic E-state index is 17.9. The van der Waals surface area contributed by atoms with Crippen LogP contribution in [0.2, 0.25) is 16.6 Å². The number of anilines is 1. The van der Waals surface area contributed by atoms with Gasteiger partial charge in [-0.25, -0.2) is 13.8 Å². The monoisotopic (exact) mass is 825 g/mol. The van der Waals surface area contributed by atoms with Gasteiger partial charge in [0.2, 0.25) is 0 Å². The number of likely N-dealkylation sites (tertiary alicyclic amines) is 1. The fourth-order valence-corrected chi connectivity index (χ4v) is 15.6. The molecule has 2 saturated heterocycles. The first kappa shape index (κ1) is 41.8. The van der Waals surface area contributed by atoms with Gasteiger partial charge >= 0.3 is 6.01 Å². The third-order valence-corrected chi connectivity index (χ3v) is 19.9. The van der Waals surface area contributed by atoms with Crippen LogP contribution in [0.15, 0.2) is 24.3 Å². The van der Waals surface area contributed by atoms with Crippen LogP contribution >= 0.6 is 0 Å². The highest BCUT2D eigenvalue weighted by Gasteiger charge is 2.45. The Labute approximate surface area is 349 Å². The predicted octanol–water partition coefficient (Wildman–Crippen LogP) is 9.86. The van der Waals surface area contributed by atoms with Crippen molar-refractivity contribution in [1.82, 2.24) is 19.9 Å². The van der Waals surface area contributed by atoms with Crippen molar-refractivity contribution < 1.29 is 27.7 Å².